The van der Waals surface area contributed by atoms with Crippen LogP contribution in [0.3, 0.4) is 0 Å². The van der Waals surface area contributed by atoms with Crippen LogP contribution >= 0.6 is 12.2 Å². The Balaban J connectivity index is 1.31. The maximum atomic E-state index is 13.3. The van der Waals surface area contributed by atoms with Crippen LogP contribution in [0.5, 0.6) is 0 Å². The van der Waals surface area contributed by atoms with Crippen LogP contribution in [-0.2, 0) is 10.2 Å². The summed E-state index contributed by atoms with van der Waals surface area (Å²) in [6, 6.07) is 7.19. The number of carbonyl (C=O) groups excluding carboxylic acids is 1. The number of hydrogen-bond acceptors (Lipinski definition) is 5. The molecule has 2 atom stereocenters. The van der Waals surface area contributed by atoms with E-state index in [0.717, 1.165) is 43.6 Å². The lowest BCUT2D eigenvalue weighted by Gasteiger charge is -2.62. The van der Waals surface area contributed by atoms with Crippen LogP contribution < -0.4 is 11.0 Å². The molecule has 0 radical (unpaired) electrons. The van der Waals surface area contributed by atoms with Gasteiger partial charge in [0.1, 0.15) is 5.76 Å². The van der Waals surface area contributed by atoms with E-state index in [4.69, 9.17) is 16.7 Å². The van der Waals surface area contributed by atoms with Gasteiger partial charge in [0.2, 0.25) is 5.91 Å². The van der Waals surface area contributed by atoms with Crippen LogP contribution in [0.15, 0.2) is 33.6 Å². The fourth-order valence-corrected chi connectivity index (χ4v) is 8.20. The maximum Gasteiger partial charge on any atom is 0.281 e. The molecule has 33 heavy (non-hydrogen) atoms. The van der Waals surface area contributed by atoms with Gasteiger partial charge in [0.05, 0.1) is 16.6 Å². The van der Waals surface area contributed by atoms with Gasteiger partial charge in [0.15, 0.2) is 4.77 Å². The summed E-state index contributed by atoms with van der Waals surface area (Å²) in [6.07, 6.45) is 7.09. The highest BCUT2D eigenvalue weighted by Gasteiger charge is 2.59. The molecule has 0 unspecified atom stereocenters. The number of rotatable bonds is 4. The Morgan fingerprint density at radius 1 is 1.24 bits per heavy atom. The standard InChI is InChI=1S/C25H28N4O3S/c1-14-21(15(2)32-28-14)25-10-16-7-17(11-25)9-24(8-16,13-25)12-20(30)27-29-22(31)18-5-3-4-6-19(18)26-23(29)33/h3-6,16-17H,7-13H2,1-2H3,(H,26,33)(H,27,30)/t16-,17-,24?,25?/m0/s1. The minimum absolute atomic E-state index is 0.0509. The van der Waals surface area contributed by atoms with Gasteiger partial charge in [-0.05, 0) is 94.0 Å². The largest absolute Gasteiger partial charge is 0.361 e. The Morgan fingerprint density at radius 2 is 1.97 bits per heavy atom. The second-order valence-electron chi connectivity index (χ2n) is 10.8. The van der Waals surface area contributed by atoms with Crippen LogP contribution in [-0.4, -0.2) is 20.7 Å². The fraction of sp³-hybridized carbons (Fsp3) is 0.520. The highest BCUT2D eigenvalue weighted by molar-refractivity contribution is 7.71. The summed E-state index contributed by atoms with van der Waals surface area (Å²) >= 11 is 5.38. The molecule has 4 fully saturated rings. The summed E-state index contributed by atoms with van der Waals surface area (Å²) in [5.41, 5.74) is 5.43. The van der Waals surface area contributed by atoms with Crippen molar-refractivity contribution >= 4 is 29.0 Å². The van der Waals surface area contributed by atoms with Crippen molar-refractivity contribution in [2.24, 2.45) is 17.3 Å². The molecule has 4 saturated carbocycles. The molecule has 7 rings (SSSR count). The molecule has 4 aliphatic carbocycles. The number of nitrogens with one attached hydrogen (secondary N) is 2. The Morgan fingerprint density at radius 3 is 2.67 bits per heavy atom. The highest BCUT2D eigenvalue weighted by Crippen LogP contribution is 2.67. The Kier molecular flexibility index (Phi) is 4.50. The third-order valence-electron chi connectivity index (χ3n) is 8.32. The molecule has 0 saturated heterocycles. The number of H-pyrrole nitrogens is 1. The van der Waals surface area contributed by atoms with Crippen molar-refractivity contribution in [3.05, 3.63) is 56.4 Å². The van der Waals surface area contributed by atoms with Gasteiger partial charge in [-0.25, -0.2) is 0 Å². The second kappa shape index (κ2) is 7.13. The van der Waals surface area contributed by atoms with Crippen molar-refractivity contribution in [3.8, 4) is 0 Å². The van der Waals surface area contributed by atoms with Crippen LogP contribution in [0.4, 0.5) is 0 Å². The smallest absolute Gasteiger partial charge is 0.281 e. The molecule has 4 aliphatic rings. The van der Waals surface area contributed by atoms with Gasteiger partial charge in [0, 0.05) is 17.4 Å². The van der Waals surface area contributed by atoms with E-state index in [2.05, 4.69) is 15.6 Å². The molecule has 0 aliphatic heterocycles. The van der Waals surface area contributed by atoms with Gasteiger partial charge >= 0.3 is 0 Å². The van der Waals surface area contributed by atoms with Gasteiger partial charge < -0.3 is 9.51 Å². The number of hydrogen-bond donors (Lipinski definition) is 2. The van der Waals surface area contributed by atoms with Crippen molar-refractivity contribution in [1.82, 2.24) is 14.8 Å². The first-order valence-electron chi connectivity index (χ1n) is 11.7. The lowest BCUT2D eigenvalue weighted by molar-refractivity contribution is -0.127. The normalized spacial score (nSPS) is 30.1. The average Bonchev–Trinajstić information content (AvgIpc) is 3.08. The zero-order valence-electron chi connectivity index (χ0n) is 18.9. The number of nitrogens with zero attached hydrogens (tertiary/aromatic N) is 2. The van der Waals surface area contributed by atoms with Gasteiger partial charge in [-0.3, -0.25) is 15.0 Å². The van der Waals surface area contributed by atoms with E-state index >= 15 is 0 Å². The summed E-state index contributed by atoms with van der Waals surface area (Å²) in [5.74, 6) is 2.02. The van der Waals surface area contributed by atoms with E-state index in [9.17, 15) is 9.59 Å². The van der Waals surface area contributed by atoms with Gasteiger partial charge in [-0.1, -0.05) is 17.3 Å². The first-order valence-corrected chi connectivity index (χ1v) is 12.2. The number of para-hydroxylation sites is 1. The second-order valence-corrected chi connectivity index (χ2v) is 11.2. The molecule has 4 bridgehead atoms. The molecular weight excluding hydrogens is 436 g/mol. The molecule has 0 spiro atoms. The molecule has 2 aromatic heterocycles. The Hall–Kier alpha value is -2.74. The molecule has 3 aromatic rings. The predicted molar refractivity (Wildman–Crippen MR) is 127 cm³/mol. The Labute approximate surface area is 196 Å². The van der Waals surface area contributed by atoms with E-state index in [1.807, 2.05) is 26.0 Å². The summed E-state index contributed by atoms with van der Waals surface area (Å²) in [4.78, 5) is 29.3. The molecule has 1 amide bonds. The summed E-state index contributed by atoms with van der Waals surface area (Å²) in [6.45, 7) is 4.05. The van der Waals surface area contributed by atoms with Gasteiger partial charge in [-0.2, -0.15) is 4.68 Å². The lowest BCUT2D eigenvalue weighted by Crippen LogP contribution is -2.55. The highest BCUT2D eigenvalue weighted by atomic mass is 32.1. The van der Waals surface area contributed by atoms with Gasteiger partial charge in [-0.15, -0.1) is 0 Å². The molecule has 2 N–H and O–H groups in total. The number of aromatic nitrogens is 3. The zero-order valence-corrected chi connectivity index (χ0v) is 19.8. The topological polar surface area (TPSA) is 92.9 Å². The molecule has 172 valence electrons. The fourth-order valence-electron chi connectivity index (χ4n) is 7.96. The van der Waals surface area contributed by atoms with Crippen LogP contribution in [0, 0.1) is 35.9 Å². The molecular formula is C25H28N4O3S. The van der Waals surface area contributed by atoms with Crippen molar-refractivity contribution in [2.45, 2.75) is 64.2 Å². The van der Waals surface area contributed by atoms with Crippen molar-refractivity contribution in [2.75, 3.05) is 5.43 Å². The molecule has 2 heterocycles. The quantitative estimate of drug-likeness (QED) is 0.548. The summed E-state index contributed by atoms with van der Waals surface area (Å²) in [7, 11) is 0. The molecule has 7 nitrogen and oxygen atoms in total. The van der Waals surface area contributed by atoms with Crippen molar-refractivity contribution in [3.63, 3.8) is 0 Å². The molecule has 8 heteroatoms. The van der Waals surface area contributed by atoms with Crippen molar-refractivity contribution < 1.29 is 9.32 Å². The summed E-state index contributed by atoms with van der Waals surface area (Å²) in [5, 5.41) is 4.75. The SMILES string of the molecule is Cc1noc(C)c1C12C[C@H]3C[C@@H](CC(CC(=O)Nn4c(=S)[nH]c5ccccc5c4=O)(C3)C1)C2. The minimum atomic E-state index is -0.305. The maximum absolute atomic E-state index is 13.3. The van der Waals surface area contributed by atoms with E-state index in [0.29, 0.717) is 29.2 Å². The first kappa shape index (κ1) is 20.8. The van der Waals surface area contributed by atoms with Crippen LogP contribution in [0.1, 0.15) is 62.0 Å². The summed E-state index contributed by atoms with van der Waals surface area (Å²) < 4.78 is 6.94. The van der Waals surface area contributed by atoms with E-state index in [-0.39, 0.29) is 27.1 Å². The monoisotopic (exact) mass is 464 g/mol. The third kappa shape index (κ3) is 3.21. The third-order valence-corrected chi connectivity index (χ3v) is 8.61. The molecule has 1 aromatic carbocycles. The van der Waals surface area contributed by atoms with E-state index in [1.54, 1.807) is 12.1 Å². The number of amides is 1. The van der Waals surface area contributed by atoms with Crippen LogP contribution in [0.25, 0.3) is 10.9 Å². The zero-order chi connectivity index (χ0) is 23.0. The van der Waals surface area contributed by atoms with Gasteiger partial charge in [0.25, 0.3) is 5.56 Å². The van der Waals surface area contributed by atoms with E-state index in [1.165, 1.54) is 16.7 Å². The predicted octanol–water partition coefficient (Wildman–Crippen LogP) is 4.66. The number of benzene rings is 1. The first-order chi connectivity index (χ1) is 15.8. The number of carbonyl (C=O) groups is 1. The van der Waals surface area contributed by atoms with Crippen LogP contribution in [0.2, 0.25) is 0 Å². The average molecular weight is 465 g/mol. The number of aromatic amines is 1. The minimum Gasteiger partial charge on any atom is -0.361 e. The number of fused-ring (bicyclic) bond motifs is 1. The Bertz CT molecular complexity index is 1370. The van der Waals surface area contributed by atoms with E-state index < -0.39 is 0 Å². The lowest BCUT2D eigenvalue weighted by atomic mass is 9.42. The van der Waals surface area contributed by atoms with Crippen molar-refractivity contribution in [1.29, 1.82) is 0 Å². The number of aryl methyl sites for hydroxylation is 2.